The molecular formula is C16H24N4. The molecule has 0 bridgehead atoms. The summed E-state index contributed by atoms with van der Waals surface area (Å²) in [6.45, 7) is 4.94. The van der Waals surface area contributed by atoms with Gasteiger partial charge >= 0.3 is 0 Å². The highest BCUT2D eigenvalue weighted by Crippen LogP contribution is 2.12. The van der Waals surface area contributed by atoms with Crippen LogP contribution in [0, 0.1) is 0 Å². The maximum atomic E-state index is 4.34. The molecule has 0 aliphatic rings. The van der Waals surface area contributed by atoms with Crippen molar-refractivity contribution in [3.05, 3.63) is 47.8 Å². The van der Waals surface area contributed by atoms with Gasteiger partial charge in [-0.1, -0.05) is 19.1 Å². The second-order valence-electron chi connectivity index (χ2n) is 5.33. The molecule has 0 aliphatic carbocycles. The predicted octanol–water partition coefficient (Wildman–Crippen LogP) is 2.97. The van der Waals surface area contributed by atoms with Crippen LogP contribution in [0.25, 0.3) is 0 Å². The number of rotatable bonds is 7. The summed E-state index contributed by atoms with van der Waals surface area (Å²) in [6, 6.07) is 10.7. The maximum absolute atomic E-state index is 4.34. The van der Waals surface area contributed by atoms with Gasteiger partial charge in [0.05, 0.1) is 12.2 Å². The van der Waals surface area contributed by atoms with Crippen molar-refractivity contribution in [1.29, 1.82) is 0 Å². The molecule has 1 aromatic heterocycles. The molecule has 0 amide bonds. The number of hydrogen-bond acceptors (Lipinski definition) is 3. The van der Waals surface area contributed by atoms with Gasteiger partial charge < -0.3 is 10.2 Å². The Hall–Kier alpha value is -1.81. The van der Waals surface area contributed by atoms with Crippen molar-refractivity contribution in [2.24, 2.45) is 0 Å². The van der Waals surface area contributed by atoms with Crippen LogP contribution in [0.2, 0.25) is 0 Å². The standard InChI is InChI=1S/C16H24N4/c1-4-11-20-16(9-10-18-20)12-17-15-7-5-14(6-8-15)13-19(2)3/h5-10,17H,4,11-13H2,1-3H3. The van der Waals surface area contributed by atoms with Crippen LogP contribution < -0.4 is 5.32 Å². The Labute approximate surface area is 121 Å². The number of nitrogens with one attached hydrogen (secondary N) is 1. The average molecular weight is 272 g/mol. The third kappa shape index (κ3) is 4.10. The average Bonchev–Trinajstić information content (AvgIpc) is 2.85. The summed E-state index contributed by atoms with van der Waals surface area (Å²) < 4.78 is 2.06. The first-order valence-electron chi connectivity index (χ1n) is 7.17. The first kappa shape index (κ1) is 14.6. The smallest absolute Gasteiger partial charge is 0.0575 e. The number of nitrogens with zero attached hydrogens (tertiary/aromatic N) is 3. The predicted molar refractivity (Wildman–Crippen MR) is 83.7 cm³/mol. The molecule has 0 saturated heterocycles. The monoisotopic (exact) mass is 272 g/mol. The first-order chi connectivity index (χ1) is 9.69. The zero-order valence-corrected chi connectivity index (χ0v) is 12.6. The van der Waals surface area contributed by atoms with Gasteiger partial charge in [0, 0.05) is 25.0 Å². The molecule has 0 saturated carbocycles. The summed E-state index contributed by atoms with van der Waals surface area (Å²) in [5.74, 6) is 0. The Balaban J connectivity index is 1.92. The molecule has 20 heavy (non-hydrogen) atoms. The van der Waals surface area contributed by atoms with Crippen LogP contribution in [-0.2, 0) is 19.6 Å². The van der Waals surface area contributed by atoms with Crippen LogP contribution in [0.5, 0.6) is 0 Å². The number of aryl methyl sites for hydroxylation is 1. The molecule has 0 fully saturated rings. The fourth-order valence-electron chi connectivity index (χ4n) is 2.21. The van der Waals surface area contributed by atoms with Gasteiger partial charge in [0.25, 0.3) is 0 Å². The summed E-state index contributed by atoms with van der Waals surface area (Å²) in [4.78, 5) is 2.17. The highest BCUT2D eigenvalue weighted by atomic mass is 15.3. The molecule has 1 N–H and O–H groups in total. The molecule has 0 spiro atoms. The van der Waals surface area contributed by atoms with Gasteiger partial charge in [-0.25, -0.2) is 0 Å². The third-order valence-electron chi connectivity index (χ3n) is 3.17. The fraction of sp³-hybridized carbons (Fsp3) is 0.438. The van der Waals surface area contributed by atoms with Crippen molar-refractivity contribution in [2.75, 3.05) is 19.4 Å². The van der Waals surface area contributed by atoms with Crippen LogP contribution in [0.4, 0.5) is 5.69 Å². The van der Waals surface area contributed by atoms with E-state index in [-0.39, 0.29) is 0 Å². The quantitative estimate of drug-likeness (QED) is 0.841. The van der Waals surface area contributed by atoms with E-state index in [1.165, 1.54) is 11.3 Å². The van der Waals surface area contributed by atoms with E-state index in [2.05, 4.69) is 71.3 Å². The normalized spacial score (nSPS) is 11.0. The Morgan fingerprint density at radius 3 is 2.55 bits per heavy atom. The van der Waals surface area contributed by atoms with E-state index in [0.29, 0.717) is 0 Å². The van der Waals surface area contributed by atoms with Crippen molar-refractivity contribution >= 4 is 5.69 Å². The minimum Gasteiger partial charge on any atom is -0.379 e. The van der Waals surface area contributed by atoms with E-state index < -0.39 is 0 Å². The van der Waals surface area contributed by atoms with Gasteiger partial charge in [-0.15, -0.1) is 0 Å². The first-order valence-corrected chi connectivity index (χ1v) is 7.17. The maximum Gasteiger partial charge on any atom is 0.0575 e. The molecule has 0 radical (unpaired) electrons. The van der Waals surface area contributed by atoms with Crippen LogP contribution >= 0.6 is 0 Å². The summed E-state index contributed by atoms with van der Waals surface area (Å²) >= 11 is 0. The Bertz CT molecular complexity index is 514. The number of hydrogen-bond donors (Lipinski definition) is 1. The second-order valence-corrected chi connectivity index (χ2v) is 5.33. The third-order valence-corrected chi connectivity index (χ3v) is 3.17. The number of anilines is 1. The zero-order chi connectivity index (χ0) is 14.4. The molecule has 0 unspecified atom stereocenters. The highest BCUT2D eigenvalue weighted by Gasteiger charge is 2.01. The largest absolute Gasteiger partial charge is 0.379 e. The van der Waals surface area contributed by atoms with Crippen molar-refractivity contribution in [1.82, 2.24) is 14.7 Å². The zero-order valence-electron chi connectivity index (χ0n) is 12.6. The van der Waals surface area contributed by atoms with Gasteiger partial charge in [-0.2, -0.15) is 5.10 Å². The van der Waals surface area contributed by atoms with Gasteiger partial charge in [0.15, 0.2) is 0 Å². The van der Waals surface area contributed by atoms with E-state index in [9.17, 15) is 0 Å². The Kier molecular flexibility index (Phi) is 5.18. The van der Waals surface area contributed by atoms with Crippen molar-refractivity contribution in [3.8, 4) is 0 Å². The molecule has 2 rings (SSSR count). The van der Waals surface area contributed by atoms with E-state index in [0.717, 1.165) is 31.7 Å². The van der Waals surface area contributed by atoms with Crippen LogP contribution in [0.3, 0.4) is 0 Å². The lowest BCUT2D eigenvalue weighted by molar-refractivity contribution is 0.402. The molecule has 2 aromatic rings. The Morgan fingerprint density at radius 1 is 1.15 bits per heavy atom. The topological polar surface area (TPSA) is 33.1 Å². The molecule has 1 heterocycles. The van der Waals surface area contributed by atoms with E-state index in [1.807, 2.05) is 6.20 Å². The highest BCUT2D eigenvalue weighted by molar-refractivity contribution is 5.44. The van der Waals surface area contributed by atoms with Gasteiger partial charge in [-0.3, -0.25) is 4.68 Å². The van der Waals surface area contributed by atoms with E-state index >= 15 is 0 Å². The minimum absolute atomic E-state index is 0.813. The van der Waals surface area contributed by atoms with E-state index in [1.54, 1.807) is 0 Å². The Morgan fingerprint density at radius 2 is 1.90 bits per heavy atom. The second kappa shape index (κ2) is 7.10. The summed E-state index contributed by atoms with van der Waals surface area (Å²) in [7, 11) is 4.17. The van der Waals surface area contributed by atoms with Crippen LogP contribution in [-0.4, -0.2) is 28.8 Å². The molecule has 4 heteroatoms. The van der Waals surface area contributed by atoms with Crippen molar-refractivity contribution in [3.63, 3.8) is 0 Å². The summed E-state index contributed by atoms with van der Waals surface area (Å²) in [5, 5.41) is 7.79. The van der Waals surface area contributed by atoms with Gasteiger partial charge in [0.1, 0.15) is 0 Å². The minimum atomic E-state index is 0.813. The molecular weight excluding hydrogens is 248 g/mol. The number of benzene rings is 1. The molecule has 0 aliphatic heterocycles. The fourth-order valence-corrected chi connectivity index (χ4v) is 2.21. The van der Waals surface area contributed by atoms with Crippen molar-refractivity contribution in [2.45, 2.75) is 33.0 Å². The molecule has 0 atom stereocenters. The van der Waals surface area contributed by atoms with Crippen LogP contribution in [0.1, 0.15) is 24.6 Å². The van der Waals surface area contributed by atoms with Crippen LogP contribution in [0.15, 0.2) is 36.5 Å². The lowest BCUT2D eigenvalue weighted by Gasteiger charge is -2.11. The van der Waals surface area contributed by atoms with Crippen molar-refractivity contribution < 1.29 is 0 Å². The SMILES string of the molecule is CCCn1nccc1CNc1ccc(CN(C)C)cc1. The van der Waals surface area contributed by atoms with Gasteiger partial charge in [-0.05, 0) is 44.3 Å². The molecule has 108 valence electrons. The van der Waals surface area contributed by atoms with Gasteiger partial charge in [0.2, 0.25) is 0 Å². The summed E-state index contributed by atoms with van der Waals surface area (Å²) in [6.07, 6.45) is 2.97. The molecule has 4 nitrogen and oxygen atoms in total. The summed E-state index contributed by atoms with van der Waals surface area (Å²) in [5.41, 5.74) is 3.71. The lowest BCUT2D eigenvalue weighted by atomic mass is 10.2. The van der Waals surface area contributed by atoms with E-state index in [4.69, 9.17) is 0 Å². The molecule has 1 aromatic carbocycles. The lowest BCUT2D eigenvalue weighted by Crippen LogP contribution is -2.11. The number of aromatic nitrogens is 2.